The molecular formula is C6H11N3S. The van der Waals surface area contributed by atoms with Crippen LogP contribution in [-0.4, -0.2) is 15.3 Å². The van der Waals surface area contributed by atoms with E-state index in [-0.39, 0.29) is 0 Å². The smallest absolute Gasteiger partial charge is 0.0880 e. The van der Waals surface area contributed by atoms with Crippen LogP contribution in [0.4, 0.5) is 0 Å². The van der Waals surface area contributed by atoms with Gasteiger partial charge in [-0.3, -0.25) is 0 Å². The first-order valence-corrected chi connectivity index (χ1v) is 4.13. The molecule has 0 unspecified atom stereocenters. The molecular weight excluding hydrogens is 146 g/mol. The van der Waals surface area contributed by atoms with Crippen LogP contribution in [0, 0.1) is 0 Å². The minimum Gasteiger partial charge on any atom is -0.311 e. The predicted molar refractivity (Wildman–Crippen MR) is 41.9 cm³/mol. The molecule has 1 rings (SSSR count). The fraction of sp³-hybridized carbons (Fsp3) is 0.667. The molecule has 1 heterocycles. The summed E-state index contributed by atoms with van der Waals surface area (Å²) in [6.07, 6.45) is 2.96. The van der Waals surface area contributed by atoms with Gasteiger partial charge in [0.25, 0.3) is 0 Å². The van der Waals surface area contributed by atoms with Crippen molar-refractivity contribution in [1.29, 1.82) is 0 Å². The minimum atomic E-state index is 0.852. The molecule has 0 spiro atoms. The highest BCUT2D eigenvalue weighted by molar-refractivity contribution is 6.99. The molecule has 0 aliphatic heterocycles. The van der Waals surface area contributed by atoms with Gasteiger partial charge in [0.05, 0.1) is 23.6 Å². The van der Waals surface area contributed by atoms with E-state index in [0.717, 1.165) is 25.2 Å². The Kier molecular flexibility index (Phi) is 3.32. The van der Waals surface area contributed by atoms with Gasteiger partial charge in [0.1, 0.15) is 0 Å². The van der Waals surface area contributed by atoms with Crippen LogP contribution in [0.3, 0.4) is 0 Å². The Balaban J connectivity index is 2.15. The molecule has 56 valence electrons. The van der Waals surface area contributed by atoms with Gasteiger partial charge in [-0.2, -0.15) is 8.75 Å². The van der Waals surface area contributed by atoms with E-state index in [0.29, 0.717) is 0 Å². The SMILES string of the molecule is CCCNCc1cnsn1. The molecule has 4 heteroatoms. The van der Waals surface area contributed by atoms with Crippen molar-refractivity contribution >= 4 is 11.7 Å². The van der Waals surface area contributed by atoms with E-state index in [1.165, 1.54) is 11.7 Å². The average Bonchev–Trinajstić information content (AvgIpc) is 2.41. The second-order valence-corrected chi connectivity index (χ2v) is 2.63. The largest absolute Gasteiger partial charge is 0.311 e. The van der Waals surface area contributed by atoms with Gasteiger partial charge < -0.3 is 5.32 Å². The quantitative estimate of drug-likeness (QED) is 0.663. The lowest BCUT2D eigenvalue weighted by atomic mass is 10.4. The van der Waals surface area contributed by atoms with Crippen LogP contribution in [0.1, 0.15) is 19.0 Å². The number of nitrogens with zero attached hydrogens (tertiary/aromatic N) is 2. The highest BCUT2D eigenvalue weighted by Gasteiger charge is 1.92. The third-order valence-electron chi connectivity index (χ3n) is 1.14. The van der Waals surface area contributed by atoms with Gasteiger partial charge in [0.2, 0.25) is 0 Å². The first-order valence-electron chi connectivity index (χ1n) is 3.40. The molecule has 1 aromatic heterocycles. The Morgan fingerprint density at radius 2 is 2.60 bits per heavy atom. The second-order valence-electron chi connectivity index (χ2n) is 2.08. The van der Waals surface area contributed by atoms with E-state index in [4.69, 9.17) is 0 Å². The normalized spacial score (nSPS) is 10.1. The topological polar surface area (TPSA) is 37.8 Å². The minimum absolute atomic E-state index is 0.852. The lowest BCUT2D eigenvalue weighted by Crippen LogP contribution is -2.13. The van der Waals surface area contributed by atoms with Crippen LogP contribution < -0.4 is 5.32 Å². The molecule has 0 aromatic carbocycles. The van der Waals surface area contributed by atoms with Crippen LogP contribution in [0.2, 0.25) is 0 Å². The third kappa shape index (κ3) is 2.41. The number of nitrogens with one attached hydrogen (secondary N) is 1. The highest BCUT2D eigenvalue weighted by atomic mass is 32.1. The van der Waals surface area contributed by atoms with Crippen LogP contribution in [0.5, 0.6) is 0 Å². The summed E-state index contributed by atoms with van der Waals surface area (Å²) in [6, 6.07) is 0. The first kappa shape index (κ1) is 7.63. The maximum absolute atomic E-state index is 4.06. The van der Waals surface area contributed by atoms with Crippen LogP contribution in [0.25, 0.3) is 0 Å². The fourth-order valence-corrected chi connectivity index (χ4v) is 1.09. The molecule has 0 radical (unpaired) electrons. The molecule has 0 bridgehead atoms. The van der Waals surface area contributed by atoms with Crippen molar-refractivity contribution in [1.82, 2.24) is 14.1 Å². The molecule has 0 amide bonds. The van der Waals surface area contributed by atoms with Crippen LogP contribution in [0.15, 0.2) is 6.20 Å². The average molecular weight is 157 g/mol. The molecule has 0 fully saturated rings. The first-order chi connectivity index (χ1) is 4.93. The van der Waals surface area contributed by atoms with Crippen molar-refractivity contribution < 1.29 is 0 Å². The Labute approximate surface area is 64.8 Å². The van der Waals surface area contributed by atoms with E-state index in [2.05, 4.69) is 21.0 Å². The Morgan fingerprint density at radius 1 is 1.70 bits per heavy atom. The van der Waals surface area contributed by atoms with Crippen LogP contribution in [-0.2, 0) is 6.54 Å². The second kappa shape index (κ2) is 4.35. The van der Waals surface area contributed by atoms with E-state index >= 15 is 0 Å². The van der Waals surface area contributed by atoms with Crippen LogP contribution >= 0.6 is 11.7 Å². The number of hydrogen-bond donors (Lipinski definition) is 1. The summed E-state index contributed by atoms with van der Waals surface area (Å²) in [4.78, 5) is 0. The summed E-state index contributed by atoms with van der Waals surface area (Å²) in [6.45, 7) is 4.05. The summed E-state index contributed by atoms with van der Waals surface area (Å²) in [5.41, 5.74) is 1.04. The zero-order valence-corrected chi connectivity index (χ0v) is 6.82. The van der Waals surface area contributed by atoms with Crippen molar-refractivity contribution in [3.8, 4) is 0 Å². The Morgan fingerprint density at radius 3 is 3.20 bits per heavy atom. The maximum atomic E-state index is 4.06. The number of hydrogen-bond acceptors (Lipinski definition) is 4. The number of rotatable bonds is 4. The number of aromatic nitrogens is 2. The predicted octanol–water partition coefficient (Wildman–Crippen LogP) is 1.04. The van der Waals surface area contributed by atoms with Crippen molar-refractivity contribution in [2.45, 2.75) is 19.9 Å². The standard InChI is InChI=1S/C6H11N3S/c1-2-3-7-4-6-5-8-10-9-6/h5,7H,2-4H2,1H3. The van der Waals surface area contributed by atoms with E-state index in [9.17, 15) is 0 Å². The lowest BCUT2D eigenvalue weighted by molar-refractivity contribution is 0.668. The van der Waals surface area contributed by atoms with Crippen molar-refractivity contribution in [2.24, 2.45) is 0 Å². The molecule has 10 heavy (non-hydrogen) atoms. The molecule has 0 saturated heterocycles. The molecule has 1 aromatic rings. The van der Waals surface area contributed by atoms with Crippen molar-refractivity contribution in [3.63, 3.8) is 0 Å². The van der Waals surface area contributed by atoms with Gasteiger partial charge in [-0.05, 0) is 13.0 Å². The van der Waals surface area contributed by atoms with E-state index in [1.54, 1.807) is 6.20 Å². The Bertz CT molecular complexity index is 162. The zero-order valence-electron chi connectivity index (χ0n) is 6.00. The summed E-state index contributed by atoms with van der Waals surface area (Å²) >= 11 is 1.26. The van der Waals surface area contributed by atoms with Gasteiger partial charge in [0.15, 0.2) is 0 Å². The highest BCUT2D eigenvalue weighted by Crippen LogP contribution is 1.92. The molecule has 0 saturated carbocycles. The summed E-state index contributed by atoms with van der Waals surface area (Å²) < 4.78 is 7.95. The summed E-state index contributed by atoms with van der Waals surface area (Å²) in [7, 11) is 0. The van der Waals surface area contributed by atoms with Gasteiger partial charge in [-0.15, -0.1) is 0 Å². The third-order valence-corrected chi connectivity index (χ3v) is 1.66. The van der Waals surface area contributed by atoms with Crippen molar-refractivity contribution in [3.05, 3.63) is 11.9 Å². The fourth-order valence-electron chi connectivity index (χ4n) is 0.655. The van der Waals surface area contributed by atoms with Crippen molar-refractivity contribution in [2.75, 3.05) is 6.54 Å². The molecule has 0 aliphatic carbocycles. The summed E-state index contributed by atoms with van der Waals surface area (Å²) in [5, 5.41) is 3.24. The van der Waals surface area contributed by atoms with Gasteiger partial charge >= 0.3 is 0 Å². The van der Waals surface area contributed by atoms with Gasteiger partial charge in [-0.25, -0.2) is 0 Å². The van der Waals surface area contributed by atoms with E-state index in [1.807, 2.05) is 0 Å². The van der Waals surface area contributed by atoms with E-state index < -0.39 is 0 Å². The Hall–Kier alpha value is -0.480. The monoisotopic (exact) mass is 157 g/mol. The summed E-state index contributed by atoms with van der Waals surface area (Å²) in [5.74, 6) is 0. The lowest BCUT2D eigenvalue weighted by Gasteiger charge is -1.96. The zero-order chi connectivity index (χ0) is 7.23. The molecule has 3 nitrogen and oxygen atoms in total. The molecule has 1 N–H and O–H groups in total. The molecule has 0 aliphatic rings. The van der Waals surface area contributed by atoms with Gasteiger partial charge in [0, 0.05) is 6.54 Å². The molecule has 0 atom stereocenters. The maximum Gasteiger partial charge on any atom is 0.0880 e. The van der Waals surface area contributed by atoms with Gasteiger partial charge in [-0.1, -0.05) is 6.92 Å².